The molecule has 5 nitrogen and oxygen atoms in total. The molecule has 0 heterocycles. The molecule has 0 bridgehead atoms. The number of likely N-dealkylation sites (N-methyl/N-ethyl adjacent to an activating group) is 1. The molecule has 0 radical (unpaired) electrons. The first-order valence-electron chi connectivity index (χ1n) is 7.18. The molecule has 0 aliphatic rings. The van der Waals surface area contributed by atoms with Crippen LogP contribution in [0.1, 0.15) is 38.7 Å². The first kappa shape index (κ1) is 17.2. The van der Waals surface area contributed by atoms with Crippen molar-refractivity contribution in [3.05, 3.63) is 29.8 Å². The molecule has 1 unspecified atom stereocenters. The van der Waals surface area contributed by atoms with Gasteiger partial charge in [-0.25, -0.2) is 0 Å². The summed E-state index contributed by atoms with van der Waals surface area (Å²) in [4.78, 5) is 24.7. The van der Waals surface area contributed by atoms with Gasteiger partial charge in [-0.2, -0.15) is 0 Å². The Labute approximate surface area is 126 Å². The van der Waals surface area contributed by atoms with Gasteiger partial charge in [0.1, 0.15) is 6.04 Å². The van der Waals surface area contributed by atoms with Crippen LogP contribution >= 0.6 is 0 Å². The number of carbonyl (C=O) groups is 2. The fraction of sp³-hybridized carbons (Fsp3) is 0.500. The van der Waals surface area contributed by atoms with Crippen molar-refractivity contribution in [3.8, 4) is 0 Å². The van der Waals surface area contributed by atoms with E-state index in [-0.39, 0.29) is 12.5 Å². The summed E-state index contributed by atoms with van der Waals surface area (Å²) in [5.74, 6) is -0.803. The van der Waals surface area contributed by atoms with E-state index in [9.17, 15) is 9.59 Å². The van der Waals surface area contributed by atoms with Crippen LogP contribution < -0.4 is 5.32 Å². The molecule has 0 saturated heterocycles. The van der Waals surface area contributed by atoms with Gasteiger partial charge in [-0.15, -0.1) is 0 Å². The van der Waals surface area contributed by atoms with Crippen LogP contribution in [0, 0.1) is 0 Å². The second-order valence-electron chi connectivity index (χ2n) is 5.47. The first-order valence-corrected chi connectivity index (χ1v) is 7.18. The fourth-order valence-corrected chi connectivity index (χ4v) is 2.32. The van der Waals surface area contributed by atoms with E-state index in [1.807, 2.05) is 24.3 Å². The summed E-state index contributed by atoms with van der Waals surface area (Å²) in [6.45, 7) is 5.97. The molecule has 1 aromatic carbocycles. The van der Waals surface area contributed by atoms with Gasteiger partial charge < -0.3 is 10.4 Å². The van der Waals surface area contributed by atoms with Gasteiger partial charge in [-0.3, -0.25) is 14.5 Å². The molecule has 21 heavy (non-hydrogen) atoms. The molecule has 0 saturated carbocycles. The minimum absolute atomic E-state index is 0.0528. The molecule has 1 amide bonds. The van der Waals surface area contributed by atoms with Crippen molar-refractivity contribution in [1.82, 2.24) is 4.90 Å². The Morgan fingerprint density at radius 1 is 1.29 bits per heavy atom. The minimum Gasteiger partial charge on any atom is -0.480 e. The summed E-state index contributed by atoms with van der Waals surface area (Å²) >= 11 is 0. The second-order valence-corrected chi connectivity index (χ2v) is 5.47. The van der Waals surface area contributed by atoms with E-state index in [4.69, 9.17) is 5.11 Å². The number of amides is 1. The van der Waals surface area contributed by atoms with Crippen LogP contribution in [0.4, 0.5) is 5.69 Å². The van der Waals surface area contributed by atoms with E-state index < -0.39 is 12.0 Å². The number of aliphatic carboxylic acids is 1. The molecule has 0 aromatic heterocycles. The summed E-state index contributed by atoms with van der Waals surface area (Å²) in [7, 11) is 1.65. The van der Waals surface area contributed by atoms with Crippen LogP contribution in [0.3, 0.4) is 0 Å². The zero-order valence-corrected chi connectivity index (χ0v) is 13.1. The number of hydrogen-bond acceptors (Lipinski definition) is 3. The predicted octanol–water partition coefficient (Wildman–Crippen LogP) is 2.54. The van der Waals surface area contributed by atoms with Gasteiger partial charge >= 0.3 is 5.97 Å². The van der Waals surface area contributed by atoms with Gasteiger partial charge in [0.25, 0.3) is 0 Å². The molecule has 0 fully saturated rings. The van der Waals surface area contributed by atoms with E-state index in [0.29, 0.717) is 12.3 Å². The van der Waals surface area contributed by atoms with Crippen molar-refractivity contribution < 1.29 is 14.7 Å². The van der Waals surface area contributed by atoms with Crippen LogP contribution in [0.2, 0.25) is 0 Å². The fourth-order valence-electron chi connectivity index (χ4n) is 2.32. The number of nitrogens with one attached hydrogen (secondary N) is 1. The molecular weight excluding hydrogens is 268 g/mol. The van der Waals surface area contributed by atoms with E-state index in [1.54, 1.807) is 18.9 Å². The Balaban J connectivity index is 2.72. The summed E-state index contributed by atoms with van der Waals surface area (Å²) in [6, 6.07) is 7.01. The lowest BCUT2D eigenvalue weighted by molar-refractivity contribution is -0.143. The maximum atomic E-state index is 12.1. The Kier molecular flexibility index (Phi) is 6.37. The Hall–Kier alpha value is -1.88. The number of nitrogens with zero attached hydrogens (tertiary/aromatic N) is 1. The molecule has 116 valence electrons. The molecule has 1 rings (SSSR count). The van der Waals surface area contributed by atoms with E-state index in [0.717, 1.165) is 11.3 Å². The average molecular weight is 292 g/mol. The van der Waals surface area contributed by atoms with Crippen LogP contribution in [-0.4, -0.2) is 41.5 Å². The van der Waals surface area contributed by atoms with Crippen molar-refractivity contribution in [2.24, 2.45) is 0 Å². The second kappa shape index (κ2) is 7.78. The van der Waals surface area contributed by atoms with Crippen molar-refractivity contribution in [2.45, 2.75) is 39.2 Å². The summed E-state index contributed by atoms with van der Waals surface area (Å²) in [5.41, 5.74) is 1.85. The molecule has 1 aromatic rings. The Morgan fingerprint density at radius 3 is 2.43 bits per heavy atom. The third-order valence-electron chi connectivity index (χ3n) is 3.45. The quantitative estimate of drug-likeness (QED) is 0.810. The monoisotopic (exact) mass is 292 g/mol. The van der Waals surface area contributed by atoms with E-state index in [1.165, 1.54) is 0 Å². The normalized spacial score (nSPS) is 12.5. The lowest BCUT2D eigenvalue weighted by atomic mass is 10.0. The number of hydrogen-bond donors (Lipinski definition) is 2. The number of carboxylic acid groups (broad SMARTS) is 1. The highest BCUT2D eigenvalue weighted by Crippen LogP contribution is 2.23. The van der Waals surface area contributed by atoms with Crippen molar-refractivity contribution in [3.63, 3.8) is 0 Å². The van der Waals surface area contributed by atoms with Crippen LogP contribution in [0.15, 0.2) is 24.3 Å². The number of carbonyl (C=O) groups excluding carboxylic acids is 1. The van der Waals surface area contributed by atoms with Crippen molar-refractivity contribution >= 4 is 17.6 Å². The first-order chi connectivity index (χ1) is 9.86. The zero-order chi connectivity index (χ0) is 16.0. The summed E-state index contributed by atoms with van der Waals surface area (Å²) in [5, 5.41) is 12.0. The van der Waals surface area contributed by atoms with Crippen LogP contribution in [0.25, 0.3) is 0 Å². The molecule has 0 aliphatic heterocycles. The third kappa shape index (κ3) is 4.86. The summed E-state index contributed by atoms with van der Waals surface area (Å²) < 4.78 is 0. The smallest absolute Gasteiger partial charge is 0.320 e. The Morgan fingerprint density at radius 2 is 1.90 bits per heavy atom. The van der Waals surface area contributed by atoms with E-state index >= 15 is 0 Å². The zero-order valence-electron chi connectivity index (χ0n) is 13.1. The van der Waals surface area contributed by atoms with Gasteiger partial charge in [-0.1, -0.05) is 39.0 Å². The molecular formula is C16H24N2O3. The third-order valence-corrected chi connectivity index (χ3v) is 3.45. The highest BCUT2D eigenvalue weighted by atomic mass is 16.4. The highest BCUT2D eigenvalue weighted by molar-refractivity contribution is 5.93. The van der Waals surface area contributed by atoms with Crippen molar-refractivity contribution in [1.29, 1.82) is 0 Å². The minimum atomic E-state index is -0.907. The van der Waals surface area contributed by atoms with Gasteiger partial charge in [0.05, 0.1) is 6.54 Å². The highest BCUT2D eigenvalue weighted by Gasteiger charge is 2.22. The maximum absolute atomic E-state index is 12.1. The summed E-state index contributed by atoms with van der Waals surface area (Å²) in [6.07, 6.45) is 0.460. The van der Waals surface area contributed by atoms with Gasteiger partial charge in [0.2, 0.25) is 5.91 Å². The SMILES string of the molecule is CCC(C(=O)O)N(C)CC(=O)Nc1ccccc1C(C)C. The number of rotatable bonds is 7. The number of anilines is 1. The van der Waals surface area contributed by atoms with Crippen LogP contribution in [-0.2, 0) is 9.59 Å². The number of benzene rings is 1. The molecule has 1 atom stereocenters. The lowest BCUT2D eigenvalue weighted by Crippen LogP contribution is -2.42. The van der Waals surface area contributed by atoms with E-state index in [2.05, 4.69) is 19.2 Å². The van der Waals surface area contributed by atoms with Gasteiger partial charge in [0.15, 0.2) is 0 Å². The van der Waals surface area contributed by atoms with Crippen molar-refractivity contribution in [2.75, 3.05) is 18.9 Å². The average Bonchev–Trinajstić information content (AvgIpc) is 2.38. The molecule has 0 spiro atoms. The predicted molar refractivity (Wildman–Crippen MR) is 83.5 cm³/mol. The maximum Gasteiger partial charge on any atom is 0.320 e. The molecule has 5 heteroatoms. The molecule has 2 N–H and O–H groups in total. The Bertz CT molecular complexity index is 500. The van der Waals surface area contributed by atoms with Crippen LogP contribution in [0.5, 0.6) is 0 Å². The standard InChI is InChI=1S/C16H24N2O3/c1-5-14(16(20)21)18(4)10-15(19)17-13-9-7-6-8-12(13)11(2)3/h6-9,11,14H,5,10H2,1-4H3,(H,17,19)(H,20,21). The largest absolute Gasteiger partial charge is 0.480 e. The van der Waals surface area contributed by atoms with Gasteiger partial charge in [-0.05, 0) is 31.0 Å². The lowest BCUT2D eigenvalue weighted by Gasteiger charge is -2.23. The molecule has 0 aliphatic carbocycles. The topological polar surface area (TPSA) is 69.6 Å². The number of carboxylic acids is 1. The number of para-hydroxylation sites is 1. The van der Waals surface area contributed by atoms with Gasteiger partial charge in [0, 0.05) is 5.69 Å².